The summed E-state index contributed by atoms with van der Waals surface area (Å²) in [5, 5.41) is 10.9. The number of aryl methyl sites for hydroxylation is 1. The van der Waals surface area contributed by atoms with Crippen molar-refractivity contribution in [2.75, 3.05) is 7.11 Å². The molecule has 1 aromatic carbocycles. The molecule has 0 radical (unpaired) electrons. The van der Waals surface area contributed by atoms with Crippen molar-refractivity contribution in [2.24, 2.45) is 7.05 Å². The minimum absolute atomic E-state index is 0.0190. The number of esters is 1. The minimum atomic E-state index is -0.813. The number of aliphatic hydroxyl groups excluding tert-OH is 1. The first-order valence-electron chi connectivity index (χ1n) is 5.41. The number of ether oxygens (including phenoxy) is 1. The van der Waals surface area contributed by atoms with Crippen molar-refractivity contribution in [3.05, 3.63) is 36.0 Å². The van der Waals surface area contributed by atoms with E-state index in [0.29, 0.717) is 0 Å². The number of hydrogen-bond donors (Lipinski definition) is 1. The van der Waals surface area contributed by atoms with Crippen LogP contribution >= 0.6 is 0 Å². The highest BCUT2D eigenvalue weighted by molar-refractivity contribution is 5.81. The van der Waals surface area contributed by atoms with Gasteiger partial charge in [-0.15, -0.1) is 0 Å². The fourth-order valence-electron chi connectivity index (χ4n) is 1.87. The molecule has 1 aromatic heterocycles. The first-order chi connectivity index (χ1) is 8.11. The van der Waals surface area contributed by atoms with E-state index in [-0.39, 0.29) is 6.42 Å². The summed E-state index contributed by atoms with van der Waals surface area (Å²) in [6.07, 6.45) is 1.13. The predicted octanol–water partition coefficient (Wildman–Crippen LogP) is 1.77. The Hall–Kier alpha value is -1.81. The third kappa shape index (κ3) is 2.31. The molecule has 17 heavy (non-hydrogen) atoms. The number of nitrogens with zero attached hydrogens (tertiary/aromatic N) is 1. The summed E-state index contributed by atoms with van der Waals surface area (Å²) in [7, 11) is 3.28. The summed E-state index contributed by atoms with van der Waals surface area (Å²) in [5.41, 5.74) is 1.83. The molecule has 90 valence electrons. The van der Waals surface area contributed by atoms with E-state index in [1.54, 1.807) is 0 Å². The molecule has 0 saturated carbocycles. The van der Waals surface area contributed by atoms with E-state index in [0.717, 1.165) is 16.5 Å². The summed E-state index contributed by atoms with van der Waals surface area (Å²) in [5.74, 6) is -0.411. The lowest BCUT2D eigenvalue weighted by molar-refractivity contribution is -0.142. The highest BCUT2D eigenvalue weighted by Gasteiger charge is 2.13. The smallest absolute Gasteiger partial charge is 0.308 e. The number of hydrogen-bond acceptors (Lipinski definition) is 3. The largest absolute Gasteiger partial charge is 0.469 e. The van der Waals surface area contributed by atoms with Gasteiger partial charge in [0.2, 0.25) is 0 Å². The number of fused-ring (bicyclic) bond motifs is 1. The molecular weight excluding hydrogens is 218 g/mol. The van der Waals surface area contributed by atoms with Gasteiger partial charge in [0, 0.05) is 18.8 Å². The lowest BCUT2D eigenvalue weighted by Gasteiger charge is -2.09. The van der Waals surface area contributed by atoms with Crippen LogP contribution in [0.15, 0.2) is 30.5 Å². The van der Waals surface area contributed by atoms with Crippen LogP contribution in [0.4, 0.5) is 0 Å². The Balaban J connectivity index is 2.26. The van der Waals surface area contributed by atoms with Gasteiger partial charge < -0.3 is 14.4 Å². The molecule has 0 saturated heterocycles. The van der Waals surface area contributed by atoms with E-state index in [1.807, 2.05) is 42.1 Å². The standard InChI is InChI=1S/C13H15NO3/c1-14-6-5-9-7-10(3-4-11(9)14)12(15)8-13(16)17-2/h3-7,12,15H,8H2,1-2H3/t12-/m1/s1. The van der Waals surface area contributed by atoms with Crippen molar-refractivity contribution in [3.63, 3.8) is 0 Å². The van der Waals surface area contributed by atoms with E-state index in [1.165, 1.54) is 7.11 Å². The van der Waals surface area contributed by atoms with Gasteiger partial charge in [-0.05, 0) is 29.1 Å². The molecule has 0 fully saturated rings. The predicted molar refractivity (Wildman–Crippen MR) is 64.5 cm³/mol. The summed E-state index contributed by atoms with van der Waals surface area (Å²) in [4.78, 5) is 11.1. The van der Waals surface area contributed by atoms with Crippen molar-refractivity contribution in [1.82, 2.24) is 4.57 Å². The Labute approximate surface area is 99.4 Å². The van der Waals surface area contributed by atoms with Gasteiger partial charge in [0.1, 0.15) is 0 Å². The van der Waals surface area contributed by atoms with Gasteiger partial charge in [-0.2, -0.15) is 0 Å². The van der Waals surface area contributed by atoms with E-state index < -0.39 is 12.1 Å². The van der Waals surface area contributed by atoms with Crippen molar-refractivity contribution >= 4 is 16.9 Å². The Bertz CT molecular complexity index is 545. The van der Waals surface area contributed by atoms with Crippen molar-refractivity contribution in [2.45, 2.75) is 12.5 Å². The Morgan fingerprint density at radius 1 is 1.47 bits per heavy atom. The van der Waals surface area contributed by atoms with Gasteiger partial charge >= 0.3 is 5.97 Å². The summed E-state index contributed by atoms with van der Waals surface area (Å²) in [6, 6.07) is 7.63. The molecule has 0 aliphatic carbocycles. The highest BCUT2D eigenvalue weighted by Crippen LogP contribution is 2.23. The molecule has 0 spiro atoms. The number of aliphatic hydroxyl groups is 1. The van der Waals surface area contributed by atoms with Crippen LogP contribution in [0.25, 0.3) is 10.9 Å². The SMILES string of the molecule is COC(=O)C[C@@H](O)c1ccc2c(ccn2C)c1. The Morgan fingerprint density at radius 3 is 2.94 bits per heavy atom. The van der Waals surface area contributed by atoms with Crippen LogP contribution in [0.2, 0.25) is 0 Å². The molecule has 1 N–H and O–H groups in total. The van der Waals surface area contributed by atoms with Crippen LogP contribution in [-0.4, -0.2) is 22.8 Å². The normalized spacial score (nSPS) is 12.6. The van der Waals surface area contributed by atoms with Gasteiger partial charge in [-0.1, -0.05) is 6.07 Å². The van der Waals surface area contributed by atoms with Crippen LogP contribution in [0, 0.1) is 0 Å². The van der Waals surface area contributed by atoms with Gasteiger partial charge in [0.15, 0.2) is 0 Å². The topological polar surface area (TPSA) is 51.5 Å². The third-order valence-corrected chi connectivity index (χ3v) is 2.88. The van der Waals surface area contributed by atoms with Crippen LogP contribution in [0.3, 0.4) is 0 Å². The molecule has 0 aliphatic heterocycles. The van der Waals surface area contributed by atoms with E-state index in [2.05, 4.69) is 4.74 Å². The molecule has 2 rings (SSSR count). The van der Waals surface area contributed by atoms with Crippen molar-refractivity contribution in [1.29, 1.82) is 0 Å². The molecule has 1 atom stereocenters. The quantitative estimate of drug-likeness (QED) is 0.822. The lowest BCUT2D eigenvalue weighted by atomic mass is 10.0. The number of benzene rings is 1. The second-order valence-electron chi connectivity index (χ2n) is 4.04. The second-order valence-corrected chi connectivity index (χ2v) is 4.04. The molecule has 0 unspecified atom stereocenters. The van der Waals surface area contributed by atoms with Crippen molar-refractivity contribution in [3.8, 4) is 0 Å². The molecule has 0 aliphatic rings. The van der Waals surface area contributed by atoms with Gasteiger partial charge in [0.05, 0.1) is 19.6 Å². The first kappa shape index (κ1) is 11.7. The zero-order valence-corrected chi connectivity index (χ0v) is 9.88. The maximum atomic E-state index is 11.1. The average molecular weight is 233 g/mol. The third-order valence-electron chi connectivity index (χ3n) is 2.88. The Morgan fingerprint density at radius 2 is 2.24 bits per heavy atom. The summed E-state index contributed by atoms with van der Waals surface area (Å²) >= 11 is 0. The van der Waals surface area contributed by atoms with Crippen LogP contribution in [0.1, 0.15) is 18.1 Å². The number of carbonyl (C=O) groups excluding carboxylic acids is 1. The Kier molecular flexibility index (Phi) is 3.15. The van der Waals surface area contributed by atoms with Crippen LogP contribution < -0.4 is 0 Å². The van der Waals surface area contributed by atoms with E-state index >= 15 is 0 Å². The van der Waals surface area contributed by atoms with Gasteiger partial charge in [0.25, 0.3) is 0 Å². The van der Waals surface area contributed by atoms with E-state index in [4.69, 9.17) is 0 Å². The monoisotopic (exact) mass is 233 g/mol. The van der Waals surface area contributed by atoms with Crippen molar-refractivity contribution < 1.29 is 14.6 Å². The molecule has 4 nitrogen and oxygen atoms in total. The van der Waals surface area contributed by atoms with Crippen LogP contribution in [-0.2, 0) is 16.6 Å². The number of methoxy groups -OCH3 is 1. The molecule has 0 amide bonds. The lowest BCUT2D eigenvalue weighted by Crippen LogP contribution is -2.07. The zero-order chi connectivity index (χ0) is 12.4. The first-order valence-corrected chi connectivity index (χ1v) is 5.41. The average Bonchev–Trinajstić information content (AvgIpc) is 2.70. The fraction of sp³-hybridized carbons (Fsp3) is 0.308. The highest BCUT2D eigenvalue weighted by atomic mass is 16.5. The maximum Gasteiger partial charge on any atom is 0.308 e. The minimum Gasteiger partial charge on any atom is -0.469 e. The fourth-order valence-corrected chi connectivity index (χ4v) is 1.87. The summed E-state index contributed by atoms with van der Waals surface area (Å²) in [6.45, 7) is 0. The molecule has 0 bridgehead atoms. The second kappa shape index (κ2) is 4.59. The van der Waals surface area contributed by atoms with Crippen LogP contribution in [0.5, 0.6) is 0 Å². The zero-order valence-electron chi connectivity index (χ0n) is 9.88. The number of carbonyl (C=O) groups is 1. The number of rotatable bonds is 3. The molecule has 4 heteroatoms. The molecular formula is C13H15NO3. The van der Waals surface area contributed by atoms with Gasteiger partial charge in [-0.3, -0.25) is 4.79 Å². The van der Waals surface area contributed by atoms with E-state index in [9.17, 15) is 9.90 Å². The maximum absolute atomic E-state index is 11.1. The number of aromatic nitrogens is 1. The molecule has 2 aromatic rings. The molecule has 1 heterocycles. The van der Waals surface area contributed by atoms with Gasteiger partial charge in [-0.25, -0.2) is 0 Å². The summed E-state index contributed by atoms with van der Waals surface area (Å²) < 4.78 is 6.54.